The van der Waals surface area contributed by atoms with E-state index in [9.17, 15) is 4.79 Å². The number of fused-ring (bicyclic) bond motifs is 2. The summed E-state index contributed by atoms with van der Waals surface area (Å²) in [6.45, 7) is 11.4. The molecule has 0 aromatic heterocycles. The van der Waals surface area contributed by atoms with Crippen LogP contribution in [0.1, 0.15) is 38.1 Å². The highest BCUT2D eigenvalue weighted by Gasteiger charge is 2.65. The molecule has 0 N–H and O–H groups in total. The molecule has 0 amide bonds. The van der Waals surface area contributed by atoms with E-state index in [2.05, 4.69) is 6.58 Å². The van der Waals surface area contributed by atoms with Gasteiger partial charge in [-0.2, -0.15) is 0 Å². The second-order valence-electron chi connectivity index (χ2n) is 8.45. The van der Waals surface area contributed by atoms with E-state index >= 15 is 0 Å². The number of carbonyl (C=O) groups excluding carboxylic acids is 1. The molecular weight excluding hydrogens is 376 g/mol. The summed E-state index contributed by atoms with van der Waals surface area (Å²) < 4.78 is 36.5. The first-order chi connectivity index (χ1) is 13.7. The first kappa shape index (κ1) is 20.5. The van der Waals surface area contributed by atoms with E-state index in [1.807, 2.05) is 33.8 Å². The summed E-state index contributed by atoms with van der Waals surface area (Å²) in [4.78, 5) is 12.8. The Balaban J connectivity index is 1.66. The Morgan fingerprint density at radius 3 is 1.90 bits per heavy atom. The van der Waals surface area contributed by atoms with Gasteiger partial charge in [0.2, 0.25) is 0 Å². The molecule has 4 rings (SSSR count). The minimum absolute atomic E-state index is 0.332. The van der Waals surface area contributed by atoms with Crippen LogP contribution in [0.15, 0.2) is 43.0 Å². The molecule has 158 valence electrons. The SMILES string of the molecule is C=CCOC1[C@H]2OC(C)(C)O[C@@H]2C(OC(=O)c2ccccc2)[C@@H]2OC(C)(C)O[C@@H]12. The molecule has 2 saturated heterocycles. The van der Waals surface area contributed by atoms with Gasteiger partial charge in [0.25, 0.3) is 0 Å². The number of carbonyl (C=O) groups is 1. The highest BCUT2D eigenvalue weighted by atomic mass is 16.8. The number of ether oxygens (including phenoxy) is 6. The normalized spacial score (nSPS) is 36.8. The fourth-order valence-corrected chi connectivity index (χ4v) is 4.29. The van der Waals surface area contributed by atoms with Crippen molar-refractivity contribution in [3.05, 3.63) is 48.6 Å². The van der Waals surface area contributed by atoms with Crippen LogP contribution in [0, 0.1) is 0 Å². The zero-order valence-corrected chi connectivity index (χ0v) is 17.2. The lowest BCUT2D eigenvalue weighted by Crippen LogP contribution is -2.63. The van der Waals surface area contributed by atoms with Crippen molar-refractivity contribution in [2.75, 3.05) is 6.61 Å². The van der Waals surface area contributed by atoms with E-state index in [0.717, 1.165) is 0 Å². The fraction of sp³-hybridized carbons (Fsp3) is 0.591. The molecule has 2 unspecified atom stereocenters. The molecule has 1 aliphatic carbocycles. The molecule has 7 heteroatoms. The summed E-state index contributed by atoms with van der Waals surface area (Å²) >= 11 is 0. The third-order valence-electron chi connectivity index (χ3n) is 5.28. The van der Waals surface area contributed by atoms with Gasteiger partial charge in [-0.3, -0.25) is 0 Å². The zero-order chi connectivity index (χ0) is 20.8. The molecule has 0 radical (unpaired) electrons. The first-order valence-electron chi connectivity index (χ1n) is 9.90. The van der Waals surface area contributed by atoms with E-state index < -0.39 is 54.2 Å². The second kappa shape index (κ2) is 7.49. The number of benzene rings is 1. The van der Waals surface area contributed by atoms with E-state index in [1.165, 1.54) is 0 Å². The number of rotatable bonds is 5. The topological polar surface area (TPSA) is 72.5 Å². The van der Waals surface area contributed by atoms with Gasteiger partial charge in [0.15, 0.2) is 17.7 Å². The van der Waals surface area contributed by atoms with Crippen molar-refractivity contribution < 1.29 is 33.2 Å². The average Bonchev–Trinajstić information content (AvgIpc) is 3.16. The summed E-state index contributed by atoms with van der Waals surface area (Å²) in [7, 11) is 0. The first-order valence-corrected chi connectivity index (χ1v) is 9.90. The van der Waals surface area contributed by atoms with Crippen LogP contribution in [-0.4, -0.2) is 60.8 Å². The molecule has 1 saturated carbocycles. The van der Waals surface area contributed by atoms with Crippen LogP contribution in [0.3, 0.4) is 0 Å². The van der Waals surface area contributed by atoms with E-state index in [0.29, 0.717) is 12.2 Å². The standard InChI is InChI=1S/C22H28O7/c1-6-12-24-14-16-18(28-21(2,3)26-16)15(19-17(14)27-22(4,5)29-19)25-20(23)13-10-8-7-9-11-13/h6-11,14-19H,1,12H2,2-5H3/t14?,15?,16-,17+,18-,19+. The predicted molar refractivity (Wildman–Crippen MR) is 103 cm³/mol. The molecule has 3 fully saturated rings. The lowest BCUT2D eigenvalue weighted by Gasteiger charge is -2.41. The van der Waals surface area contributed by atoms with E-state index in [1.54, 1.807) is 30.3 Å². The van der Waals surface area contributed by atoms with Crippen molar-refractivity contribution in [2.24, 2.45) is 0 Å². The summed E-state index contributed by atoms with van der Waals surface area (Å²) in [5, 5.41) is 0. The van der Waals surface area contributed by atoms with Crippen LogP contribution in [0.25, 0.3) is 0 Å². The lowest BCUT2D eigenvalue weighted by molar-refractivity contribution is -0.187. The highest BCUT2D eigenvalue weighted by Crippen LogP contribution is 2.46. The highest BCUT2D eigenvalue weighted by molar-refractivity contribution is 5.89. The molecule has 0 bridgehead atoms. The minimum Gasteiger partial charge on any atom is -0.453 e. The van der Waals surface area contributed by atoms with Crippen LogP contribution in [-0.2, 0) is 28.4 Å². The Kier molecular flexibility index (Phi) is 5.29. The van der Waals surface area contributed by atoms with Gasteiger partial charge in [0.1, 0.15) is 30.5 Å². The second-order valence-corrected chi connectivity index (χ2v) is 8.45. The van der Waals surface area contributed by atoms with E-state index in [-0.39, 0.29) is 0 Å². The van der Waals surface area contributed by atoms with Gasteiger partial charge in [0.05, 0.1) is 12.2 Å². The Labute approximate surface area is 170 Å². The quantitative estimate of drug-likeness (QED) is 0.552. The Morgan fingerprint density at radius 1 is 0.931 bits per heavy atom. The largest absolute Gasteiger partial charge is 0.453 e. The molecular formula is C22H28O7. The van der Waals surface area contributed by atoms with Gasteiger partial charge < -0.3 is 28.4 Å². The Hall–Kier alpha value is -1.77. The summed E-state index contributed by atoms with van der Waals surface area (Å²) in [5.41, 5.74) is 0.460. The number of hydrogen-bond acceptors (Lipinski definition) is 7. The molecule has 2 heterocycles. The van der Waals surface area contributed by atoms with Crippen LogP contribution in [0.4, 0.5) is 0 Å². The van der Waals surface area contributed by atoms with E-state index in [4.69, 9.17) is 28.4 Å². The van der Waals surface area contributed by atoms with Crippen molar-refractivity contribution in [1.82, 2.24) is 0 Å². The van der Waals surface area contributed by atoms with Gasteiger partial charge in [-0.15, -0.1) is 6.58 Å². The molecule has 2 aliphatic heterocycles. The molecule has 29 heavy (non-hydrogen) atoms. The number of esters is 1. The third-order valence-corrected chi connectivity index (χ3v) is 5.28. The van der Waals surface area contributed by atoms with Crippen LogP contribution >= 0.6 is 0 Å². The maximum Gasteiger partial charge on any atom is 0.338 e. The van der Waals surface area contributed by atoms with Crippen molar-refractivity contribution >= 4 is 5.97 Å². The van der Waals surface area contributed by atoms with Gasteiger partial charge >= 0.3 is 5.97 Å². The number of hydrogen-bond donors (Lipinski definition) is 0. The van der Waals surface area contributed by atoms with Crippen molar-refractivity contribution in [3.8, 4) is 0 Å². The molecule has 0 spiro atoms. The predicted octanol–water partition coefficient (Wildman–Crippen LogP) is 2.84. The van der Waals surface area contributed by atoms with Crippen LogP contribution in [0.5, 0.6) is 0 Å². The smallest absolute Gasteiger partial charge is 0.338 e. The van der Waals surface area contributed by atoms with Crippen molar-refractivity contribution in [3.63, 3.8) is 0 Å². The molecule has 6 atom stereocenters. The van der Waals surface area contributed by atoms with Crippen molar-refractivity contribution in [1.29, 1.82) is 0 Å². The summed E-state index contributed by atoms with van der Waals surface area (Å²) in [6.07, 6.45) is -1.52. The summed E-state index contributed by atoms with van der Waals surface area (Å²) in [5.74, 6) is -2.15. The maximum absolute atomic E-state index is 12.8. The average molecular weight is 404 g/mol. The Morgan fingerprint density at radius 2 is 1.41 bits per heavy atom. The molecule has 3 aliphatic rings. The fourth-order valence-electron chi connectivity index (χ4n) is 4.29. The van der Waals surface area contributed by atoms with Crippen LogP contribution in [0.2, 0.25) is 0 Å². The monoisotopic (exact) mass is 404 g/mol. The maximum atomic E-state index is 12.8. The van der Waals surface area contributed by atoms with Gasteiger partial charge in [0, 0.05) is 0 Å². The third kappa shape index (κ3) is 3.98. The van der Waals surface area contributed by atoms with Crippen molar-refractivity contribution in [2.45, 2.75) is 75.9 Å². The lowest BCUT2D eigenvalue weighted by atomic mass is 9.84. The Bertz CT molecular complexity index is 728. The summed E-state index contributed by atoms with van der Waals surface area (Å²) in [6, 6.07) is 8.85. The van der Waals surface area contributed by atoms with Gasteiger partial charge in [-0.25, -0.2) is 4.79 Å². The molecule has 7 nitrogen and oxygen atoms in total. The van der Waals surface area contributed by atoms with Gasteiger partial charge in [-0.05, 0) is 39.8 Å². The van der Waals surface area contributed by atoms with Crippen LogP contribution < -0.4 is 0 Å². The zero-order valence-electron chi connectivity index (χ0n) is 17.2. The van der Waals surface area contributed by atoms with Gasteiger partial charge in [-0.1, -0.05) is 24.3 Å². The molecule has 1 aromatic rings. The molecule has 1 aromatic carbocycles. The minimum atomic E-state index is -0.851.